The van der Waals surface area contributed by atoms with Crippen LogP contribution in [0.3, 0.4) is 0 Å². The molecule has 0 radical (unpaired) electrons. The first-order valence-corrected chi connectivity index (χ1v) is 9.04. The first-order valence-electron chi connectivity index (χ1n) is 8.23. The number of nitrogens with zero attached hydrogens (tertiary/aromatic N) is 3. The zero-order valence-electron chi connectivity index (χ0n) is 13.5. The minimum atomic E-state index is -1.48. The summed E-state index contributed by atoms with van der Waals surface area (Å²) in [7, 11) is 0. The number of rotatable bonds is 2. The van der Waals surface area contributed by atoms with Crippen molar-refractivity contribution in [3.05, 3.63) is 59.5 Å². The Bertz CT molecular complexity index is 1130. The van der Waals surface area contributed by atoms with E-state index in [1.807, 2.05) is 28.9 Å². The van der Waals surface area contributed by atoms with Crippen molar-refractivity contribution in [1.29, 1.82) is 0 Å². The lowest BCUT2D eigenvalue weighted by molar-refractivity contribution is 0.448. The smallest absolute Gasteiger partial charge is 0.195 e. The van der Waals surface area contributed by atoms with Gasteiger partial charge in [0.1, 0.15) is 10.7 Å². The van der Waals surface area contributed by atoms with Crippen LogP contribution >= 0.6 is 11.3 Å². The number of para-hydroxylation sites is 1. The van der Waals surface area contributed by atoms with E-state index >= 15 is 0 Å². The SMILES string of the molecule is Fc1ccc(-c2nn3c(c2-c2nc4ccccc4s2)CCC3)c(F)c1F. The topological polar surface area (TPSA) is 30.7 Å². The van der Waals surface area contributed by atoms with Gasteiger partial charge in [0.05, 0.1) is 15.8 Å². The fourth-order valence-electron chi connectivity index (χ4n) is 3.43. The molecule has 0 unspecified atom stereocenters. The number of hydrogen-bond acceptors (Lipinski definition) is 3. The number of aryl methyl sites for hydroxylation is 1. The third-order valence-electron chi connectivity index (χ3n) is 4.64. The summed E-state index contributed by atoms with van der Waals surface area (Å²) >= 11 is 1.49. The molecule has 1 aliphatic rings. The van der Waals surface area contributed by atoms with Crippen molar-refractivity contribution in [2.45, 2.75) is 19.4 Å². The third kappa shape index (κ3) is 2.20. The Morgan fingerprint density at radius 3 is 2.69 bits per heavy atom. The maximum absolute atomic E-state index is 14.4. The Morgan fingerprint density at radius 1 is 1.00 bits per heavy atom. The Labute approximate surface area is 150 Å². The lowest BCUT2D eigenvalue weighted by Gasteiger charge is -2.05. The van der Waals surface area contributed by atoms with Crippen LogP contribution < -0.4 is 0 Å². The van der Waals surface area contributed by atoms with Crippen LogP contribution in [0, 0.1) is 17.5 Å². The van der Waals surface area contributed by atoms with E-state index < -0.39 is 17.5 Å². The second-order valence-electron chi connectivity index (χ2n) is 6.21. The fraction of sp³-hybridized carbons (Fsp3) is 0.158. The molecule has 130 valence electrons. The number of benzene rings is 2. The summed E-state index contributed by atoms with van der Waals surface area (Å²) in [5.74, 6) is -3.91. The Balaban J connectivity index is 1.79. The van der Waals surface area contributed by atoms with Crippen LogP contribution in [0.5, 0.6) is 0 Å². The second kappa shape index (κ2) is 5.67. The fourth-order valence-corrected chi connectivity index (χ4v) is 4.47. The molecule has 0 aliphatic carbocycles. The quantitative estimate of drug-likeness (QED) is 0.454. The van der Waals surface area contributed by atoms with Crippen molar-refractivity contribution in [3.63, 3.8) is 0 Å². The highest BCUT2D eigenvalue weighted by Crippen LogP contribution is 2.41. The second-order valence-corrected chi connectivity index (χ2v) is 7.24. The van der Waals surface area contributed by atoms with Crippen molar-refractivity contribution in [2.24, 2.45) is 0 Å². The molecule has 2 aromatic carbocycles. The molecule has 7 heteroatoms. The summed E-state index contributed by atoms with van der Waals surface area (Å²) in [5.41, 5.74) is 2.80. The molecular formula is C19H12F3N3S. The van der Waals surface area contributed by atoms with E-state index in [0.717, 1.165) is 41.4 Å². The molecule has 3 nitrogen and oxygen atoms in total. The molecule has 0 N–H and O–H groups in total. The number of aromatic nitrogens is 3. The van der Waals surface area contributed by atoms with Gasteiger partial charge in [0.15, 0.2) is 17.5 Å². The number of halogens is 3. The average Bonchev–Trinajstić information content (AvgIpc) is 3.32. The van der Waals surface area contributed by atoms with Gasteiger partial charge in [0.25, 0.3) is 0 Å². The van der Waals surface area contributed by atoms with Crippen LogP contribution in [0.1, 0.15) is 12.1 Å². The molecule has 0 atom stereocenters. The lowest BCUT2D eigenvalue weighted by Crippen LogP contribution is -1.97. The summed E-state index contributed by atoms with van der Waals surface area (Å²) in [6.07, 6.45) is 1.74. The van der Waals surface area contributed by atoms with Gasteiger partial charge >= 0.3 is 0 Å². The Hall–Kier alpha value is -2.67. The van der Waals surface area contributed by atoms with Gasteiger partial charge in [-0.1, -0.05) is 12.1 Å². The Kier molecular flexibility index (Phi) is 3.40. The molecule has 0 amide bonds. The van der Waals surface area contributed by atoms with Gasteiger partial charge in [-0.3, -0.25) is 4.68 Å². The molecule has 0 fully saturated rings. The van der Waals surface area contributed by atoms with Crippen molar-refractivity contribution in [3.8, 4) is 21.8 Å². The van der Waals surface area contributed by atoms with Crippen molar-refractivity contribution >= 4 is 21.6 Å². The molecule has 0 spiro atoms. The minimum absolute atomic E-state index is 0.0416. The molecule has 3 heterocycles. The maximum atomic E-state index is 14.4. The summed E-state index contributed by atoms with van der Waals surface area (Å²) in [4.78, 5) is 4.66. The lowest BCUT2D eigenvalue weighted by atomic mass is 10.0. The van der Waals surface area contributed by atoms with Gasteiger partial charge in [-0.15, -0.1) is 11.3 Å². The molecule has 0 saturated heterocycles. The van der Waals surface area contributed by atoms with E-state index in [4.69, 9.17) is 0 Å². The normalized spacial score (nSPS) is 13.5. The number of fused-ring (bicyclic) bond motifs is 2. The van der Waals surface area contributed by atoms with Crippen LogP contribution in [0.25, 0.3) is 32.0 Å². The molecule has 0 bridgehead atoms. The molecule has 2 aromatic heterocycles. The van der Waals surface area contributed by atoms with E-state index in [1.165, 1.54) is 17.4 Å². The van der Waals surface area contributed by atoms with Crippen LogP contribution in [-0.2, 0) is 13.0 Å². The van der Waals surface area contributed by atoms with Crippen LogP contribution in [0.15, 0.2) is 36.4 Å². The molecule has 0 saturated carbocycles. The van der Waals surface area contributed by atoms with Crippen molar-refractivity contribution in [2.75, 3.05) is 0 Å². The summed E-state index contributed by atoms with van der Waals surface area (Å²) in [5, 5.41) is 5.21. The van der Waals surface area contributed by atoms with Gasteiger partial charge in [-0.05, 0) is 37.1 Å². The van der Waals surface area contributed by atoms with Crippen LogP contribution in [0.4, 0.5) is 13.2 Å². The highest BCUT2D eigenvalue weighted by atomic mass is 32.1. The molecular weight excluding hydrogens is 359 g/mol. The van der Waals surface area contributed by atoms with Crippen LogP contribution in [0.2, 0.25) is 0 Å². The summed E-state index contributed by atoms with van der Waals surface area (Å²) in [6.45, 7) is 0.721. The van der Waals surface area contributed by atoms with E-state index in [9.17, 15) is 13.2 Å². The van der Waals surface area contributed by atoms with Gasteiger partial charge in [-0.25, -0.2) is 18.2 Å². The summed E-state index contributed by atoms with van der Waals surface area (Å²) < 4.78 is 44.4. The first-order chi connectivity index (χ1) is 12.6. The molecule has 26 heavy (non-hydrogen) atoms. The van der Waals surface area contributed by atoms with Crippen molar-refractivity contribution in [1.82, 2.24) is 14.8 Å². The predicted molar refractivity (Wildman–Crippen MR) is 94.5 cm³/mol. The van der Waals surface area contributed by atoms with Crippen LogP contribution in [-0.4, -0.2) is 14.8 Å². The van der Waals surface area contributed by atoms with Gasteiger partial charge in [0.2, 0.25) is 0 Å². The van der Waals surface area contributed by atoms with E-state index in [2.05, 4.69) is 10.1 Å². The summed E-state index contributed by atoms with van der Waals surface area (Å²) in [6, 6.07) is 9.89. The van der Waals surface area contributed by atoms with E-state index in [-0.39, 0.29) is 5.56 Å². The van der Waals surface area contributed by atoms with E-state index in [1.54, 1.807) is 0 Å². The molecule has 4 aromatic rings. The maximum Gasteiger partial charge on any atom is 0.195 e. The zero-order valence-corrected chi connectivity index (χ0v) is 14.3. The van der Waals surface area contributed by atoms with Crippen molar-refractivity contribution < 1.29 is 13.2 Å². The highest BCUT2D eigenvalue weighted by Gasteiger charge is 2.28. The third-order valence-corrected chi connectivity index (χ3v) is 5.69. The standard InChI is InChI=1S/C19H12F3N3S/c20-11-8-7-10(16(21)17(11)22)18-15(13-5-3-9-25(13)24-18)19-23-12-4-1-2-6-14(12)26-19/h1-2,4,6-8H,3,5,9H2. The van der Waals surface area contributed by atoms with Gasteiger partial charge in [0, 0.05) is 17.8 Å². The predicted octanol–water partition coefficient (Wildman–Crippen LogP) is 5.19. The van der Waals surface area contributed by atoms with Gasteiger partial charge < -0.3 is 0 Å². The first kappa shape index (κ1) is 15.6. The number of hydrogen-bond donors (Lipinski definition) is 0. The highest BCUT2D eigenvalue weighted by molar-refractivity contribution is 7.21. The average molecular weight is 371 g/mol. The minimum Gasteiger partial charge on any atom is -0.268 e. The Morgan fingerprint density at radius 2 is 1.85 bits per heavy atom. The molecule has 1 aliphatic heterocycles. The largest absolute Gasteiger partial charge is 0.268 e. The molecule has 5 rings (SSSR count). The van der Waals surface area contributed by atoms with E-state index in [0.29, 0.717) is 16.3 Å². The number of thiazole rings is 1. The van der Waals surface area contributed by atoms with Gasteiger partial charge in [-0.2, -0.15) is 5.10 Å². The zero-order chi connectivity index (χ0) is 17.8. The monoisotopic (exact) mass is 371 g/mol.